The molecule has 14 heteroatoms. The average molecular weight is 492 g/mol. The Kier molecular flexibility index (Phi) is 8.69. The van der Waals surface area contributed by atoms with Gasteiger partial charge in [-0.25, -0.2) is 13.6 Å². The fourth-order valence-corrected chi connectivity index (χ4v) is 3.27. The van der Waals surface area contributed by atoms with Crippen LogP contribution in [-0.4, -0.2) is 59.0 Å². The summed E-state index contributed by atoms with van der Waals surface area (Å²) in [6, 6.07) is 0.989. The molecule has 0 aliphatic carbocycles. The van der Waals surface area contributed by atoms with Gasteiger partial charge in [0.2, 0.25) is 11.8 Å². The molecule has 4 amide bonds. The third kappa shape index (κ3) is 6.73. The molecular formula is C18H20ClF2N5O5S. The summed E-state index contributed by atoms with van der Waals surface area (Å²) < 4.78 is 36.9. The highest BCUT2D eigenvalue weighted by atomic mass is 35.5. The molecule has 1 aromatic carbocycles. The van der Waals surface area contributed by atoms with Crippen LogP contribution in [0.4, 0.5) is 18.6 Å². The topological polar surface area (TPSA) is 147 Å². The van der Waals surface area contributed by atoms with Crippen LogP contribution in [0.15, 0.2) is 12.1 Å². The summed E-state index contributed by atoms with van der Waals surface area (Å²) in [5.41, 5.74) is 4.58. The molecule has 0 saturated heterocycles. The molecule has 1 aromatic heterocycles. The Bertz CT molecular complexity index is 997. The number of nitrogens with one attached hydrogen (secondary N) is 2. The molecule has 0 fully saturated rings. The molecule has 1 heterocycles. The van der Waals surface area contributed by atoms with Crippen molar-refractivity contribution in [3.63, 3.8) is 0 Å². The van der Waals surface area contributed by atoms with Crippen LogP contribution in [0.2, 0.25) is 5.02 Å². The second kappa shape index (κ2) is 11.0. The van der Waals surface area contributed by atoms with Gasteiger partial charge in [0.05, 0.1) is 18.1 Å². The molecule has 2 aromatic rings. The Hall–Kier alpha value is -3.03. The van der Waals surface area contributed by atoms with Gasteiger partial charge in [-0.05, 0) is 23.7 Å². The Labute approximate surface area is 190 Å². The van der Waals surface area contributed by atoms with Crippen LogP contribution in [0.1, 0.15) is 22.3 Å². The van der Waals surface area contributed by atoms with Crippen LogP contribution in [-0.2, 0) is 11.4 Å². The largest absolute Gasteiger partial charge is 0.471 e. The highest BCUT2D eigenvalue weighted by Gasteiger charge is 2.23. The third-order valence-corrected chi connectivity index (χ3v) is 4.96. The maximum absolute atomic E-state index is 13.9. The van der Waals surface area contributed by atoms with Gasteiger partial charge in [0.25, 0.3) is 5.91 Å². The number of hydrogen-bond donors (Lipinski definition) is 4. The van der Waals surface area contributed by atoms with E-state index in [-0.39, 0.29) is 40.3 Å². The number of nitrogens with two attached hydrogens (primary N) is 1. The minimum atomic E-state index is -1.13. The molecular weight excluding hydrogens is 472 g/mol. The maximum atomic E-state index is 13.9. The number of urea groups is 1. The van der Waals surface area contributed by atoms with Crippen molar-refractivity contribution in [3.8, 4) is 5.88 Å². The van der Waals surface area contributed by atoms with Crippen molar-refractivity contribution in [3.05, 3.63) is 39.9 Å². The number of carbonyl (C=O) groups is 3. The van der Waals surface area contributed by atoms with Gasteiger partial charge in [-0.1, -0.05) is 11.6 Å². The Morgan fingerprint density at radius 2 is 1.94 bits per heavy atom. The molecule has 5 N–H and O–H groups in total. The summed E-state index contributed by atoms with van der Waals surface area (Å²) in [5, 5.41) is 14.2. The summed E-state index contributed by atoms with van der Waals surface area (Å²) in [7, 11) is 3.05. The van der Waals surface area contributed by atoms with E-state index in [1.54, 1.807) is 0 Å². The quantitative estimate of drug-likeness (QED) is 0.420. The molecule has 0 spiro atoms. The molecule has 0 radical (unpaired) electrons. The number of halogens is 3. The number of anilines is 1. The lowest BCUT2D eigenvalue weighted by Crippen LogP contribution is -2.37. The van der Waals surface area contributed by atoms with Crippen LogP contribution in [0.3, 0.4) is 0 Å². The minimum Gasteiger partial charge on any atom is -0.471 e. The SMILES string of the molecule is CN(C)C(=O)CC(O)CNC(=O)Nc1snc(OCc2c(F)cc(Cl)cc2F)c1C(N)=O. The van der Waals surface area contributed by atoms with Gasteiger partial charge in [0.15, 0.2) is 0 Å². The van der Waals surface area contributed by atoms with Crippen molar-refractivity contribution >= 4 is 46.0 Å². The molecule has 32 heavy (non-hydrogen) atoms. The summed E-state index contributed by atoms with van der Waals surface area (Å²) in [6.07, 6.45) is -1.33. The van der Waals surface area contributed by atoms with Crippen molar-refractivity contribution in [2.75, 3.05) is 26.0 Å². The van der Waals surface area contributed by atoms with Crippen LogP contribution in [0, 0.1) is 11.6 Å². The Morgan fingerprint density at radius 1 is 1.31 bits per heavy atom. The van der Waals surface area contributed by atoms with E-state index >= 15 is 0 Å². The lowest BCUT2D eigenvalue weighted by atomic mass is 10.2. The van der Waals surface area contributed by atoms with Gasteiger partial charge in [0, 0.05) is 25.7 Å². The zero-order valence-corrected chi connectivity index (χ0v) is 18.5. The number of primary amides is 1. The molecule has 0 aliphatic heterocycles. The molecule has 0 aliphatic rings. The van der Waals surface area contributed by atoms with E-state index in [2.05, 4.69) is 15.0 Å². The first kappa shape index (κ1) is 25.2. The predicted molar refractivity (Wildman–Crippen MR) is 113 cm³/mol. The van der Waals surface area contributed by atoms with Crippen molar-refractivity contribution in [2.24, 2.45) is 5.73 Å². The van der Waals surface area contributed by atoms with Crippen LogP contribution >= 0.6 is 23.1 Å². The number of benzene rings is 1. The standard InChI is InChI=1S/C18H20ClF2N5O5S/c1-26(2)13(28)5-9(27)6-23-18(30)24-17-14(15(22)29)16(25-32-17)31-7-10-11(20)3-8(19)4-12(10)21/h3-4,9,27H,5-7H2,1-2H3,(H2,22,29)(H2,23,24,30). The molecule has 10 nitrogen and oxygen atoms in total. The van der Waals surface area contributed by atoms with E-state index < -0.39 is 41.8 Å². The number of rotatable bonds is 9. The maximum Gasteiger partial charge on any atom is 0.320 e. The summed E-state index contributed by atoms with van der Waals surface area (Å²) in [5.74, 6) is -3.56. The molecule has 2 rings (SSSR count). The number of amides is 4. The zero-order valence-electron chi connectivity index (χ0n) is 16.9. The lowest BCUT2D eigenvalue weighted by Gasteiger charge is -2.15. The van der Waals surface area contributed by atoms with E-state index in [0.29, 0.717) is 11.5 Å². The number of aliphatic hydroxyl groups is 1. The first-order valence-electron chi connectivity index (χ1n) is 8.98. The molecule has 174 valence electrons. The second-order valence-electron chi connectivity index (χ2n) is 6.67. The van der Waals surface area contributed by atoms with E-state index in [1.807, 2.05) is 0 Å². The Balaban J connectivity index is 2.03. The van der Waals surface area contributed by atoms with Gasteiger partial charge in [-0.3, -0.25) is 14.9 Å². The Morgan fingerprint density at radius 3 is 2.50 bits per heavy atom. The monoisotopic (exact) mass is 491 g/mol. The fourth-order valence-electron chi connectivity index (χ4n) is 2.34. The summed E-state index contributed by atoms with van der Waals surface area (Å²) in [4.78, 5) is 36.7. The van der Waals surface area contributed by atoms with E-state index in [0.717, 1.165) is 12.1 Å². The number of aliphatic hydroxyl groups excluding tert-OH is 1. The van der Waals surface area contributed by atoms with Crippen LogP contribution < -0.4 is 21.1 Å². The molecule has 1 atom stereocenters. The molecule has 0 saturated carbocycles. The van der Waals surface area contributed by atoms with Gasteiger partial charge >= 0.3 is 6.03 Å². The first-order valence-corrected chi connectivity index (χ1v) is 10.1. The fraction of sp³-hybridized carbons (Fsp3) is 0.333. The lowest BCUT2D eigenvalue weighted by molar-refractivity contribution is -0.130. The summed E-state index contributed by atoms with van der Waals surface area (Å²) >= 11 is 6.22. The first-order chi connectivity index (χ1) is 15.0. The molecule has 0 bridgehead atoms. The van der Waals surface area contributed by atoms with Gasteiger partial charge in [0.1, 0.15) is 28.8 Å². The van der Waals surface area contributed by atoms with Gasteiger partial charge in [-0.2, -0.15) is 4.37 Å². The average Bonchev–Trinajstić information content (AvgIpc) is 3.08. The van der Waals surface area contributed by atoms with E-state index in [9.17, 15) is 28.3 Å². The van der Waals surface area contributed by atoms with E-state index in [4.69, 9.17) is 22.1 Å². The molecule has 1 unspecified atom stereocenters. The minimum absolute atomic E-state index is 0.0825. The van der Waals surface area contributed by atoms with Gasteiger partial charge in [-0.15, -0.1) is 0 Å². The highest BCUT2D eigenvalue weighted by molar-refractivity contribution is 7.11. The smallest absolute Gasteiger partial charge is 0.320 e. The van der Waals surface area contributed by atoms with Crippen LogP contribution in [0.5, 0.6) is 5.88 Å². The number of aromatic nitrogens is 1. The van der Waals surface area contributed by atoms with Crippen molar-refractivity contribution in [1.29, 1.82) is 0 Å². The number of ether oxygens (including phenoxy) is 1. The predicted octanol–water partition coefficient (Wildman–Crippen LogP) is 1.71. The highest BCUT2D eigenvalue weighted by Crippen LogP contribution is 2.31. The van der Waals surface area contributed by atoms with Crippen molar-refractivity contribution in [2.45, 2.75) is 19.1 Å². The second-order valence-corrected chi connectivity index (χ2v) is 7.88. The number of nitrogens with zero attached hydrogens (tertiary/aromatic N) is 2. The van der Waals surface area contributed by atoms with Crippen molar-refractivity contribution in [1.82, 2.24) is 14.6 Å². The normalized spacial score (nSPS) is 11.6. The number of hydrogen-bond acceptors (Lipinski definition) is 7. The van der Waals surface area contributed by atoms with Gasteiger partial charge < -0.3 is 25.8 Å². The number of carbonyl (C=O) groups excluding carboxylic acids is 3. The third-order valence-electron chi connectivity index (χ3n) is 4.00. The summed E-state index contributed by atoms with van der Waals surface area (Å²) in [6.45, 7) is -0.856. The van der Waals surface area contributed by atoms with Crippen molar-refractivity contribution < 1.29 is 33.0 Å². The zero-order chi connectivity index (χ0) is 24.0. The van der Waals surface area contributed by atoms with E-state index in [1.165, 1.54) is 19.0 Å². The van der Waals surface area contributed by atoms with Crippen LogP contribution in [0.25, 0.3) is 0 Å².